The first kappa shape index (κ1) is 15.1. The summed E-state index contributed by atoms with van der Waals surface area (Å²) < 4.78 is 6.25. The number of benzene rings is 2. The molecule has 116 valence electrons. The van der Waals surface area contributed by atoms with Crippen LogP contribution < -0.4 is 4.74 Å². The molecule has 0 aromatic heterocycles. The van der Waals surface area contributed by atoms with E-state index in [4.69, 9.17) is 4.74 Å². The van der Waals surface area contributed by atoms with Crippen LogP contribution in [0.3, 0.4) is 0 Å². The summed E-state index contributed by atoms with van der Waals surface area (Å²) in [6.07, 6.45) is 0.287. The fourth-order valence-electron chi connectivity index (χ4n) is 3.21. The Hall–Kier alpha value is -1.84. The molecule has 2 aromatic rings. The molecule has 1 aliphatic heterocycles. The van der Waals surface area contributed by atoms with E-state index in [9.17, 15) is 5.11 Å². The highest BCUT2D eigenvalue weighted by Crippen LogP contribution is 2.41. The van der Waals surface area contributed by atoms with Crippen molar-refractivity contribution in [1.29, 1.82) is 0 Å². The molecule has 0 bridgehead atoms. The van der Waals surface area contributed by atoms with Crippen molar-refractivity contribution in [3.63, 3.8) is 0 Å². The molecule has 3 nitrogen and oxygen atoms in total. The van der Waals surface area contributed by atoms with Gasteiger partial charge in [-0.3, -0.25) is 0 Å². The van der Waals surface area contributed by atoms with Gasteiger partial charge in [-0.1, -0.05) is 48.5 Å². The van der Waals surface area contributed by atoms with Crippen molar-refractivity contribution in [3.8, 4) is 5.75 Å². The second-order valence-corrected chi connectivity index (χ2v) is 6.26. The minimum atomic E-state index is -0.493. The molecule has 2 aromatic carbocycles. The Morgan fingerprint density at radius 2 is 1.73 bits per heavy atom. The van der Waals surface area contributed by atoms with Crippen molar-refractivity contribution in [2.75, 3.05) is 20.6 Å². The van der Waals surface area contributed by atoms with E-state index in [0.29, 0.717) is 0 Å². The zero-order chi connectivity index (χ0) is 15.5. The van der Waals surface area contributed by atoms with E-state index in [1.165, 1.54) is 0 Å². The second kappa shape index (κ2) is 6.51. The molecule has 0 radical (unpaired) electrons. The number of nitrogens with zero attached hydrogens (tertiary/aromatic N) is 1. The average molecular weight is 297 g/mol. The first-order chi connectivity index (χ1) is 10.6. The van der Waals surface area contributed by atoms with Gasteiger partial charge in [0.1, 0.15) is 11.9 Å². The monoisotopic (exact) mass is 297 g/mol. The van der Waals surface area contributed by atoms with E-state index >= 15 is 0 Å². The molecule has 3 atom stereocenters. The van der Waals surface area contributed by atoms with Crippen molar-refractivity contribution in [3.05, 3.63) is 65.7 Å². The van der Waals surface area contributed by atoms with Crippen LogP contribution in [0.2, 0.25) is 0 Å². The number of fused-ring (bicyclic) bond motifs is 1. The van der Waals surface area contributed by atoms with Gasteiger partial charge in [-0.05, 0) is 32.1 Å². The van der Waals surface area contributed by atoms with Crippen molar-refractivity contribution >= 4 is 0 Å². The molecule has 0 spiro atoms. The lowest BCUT2D eigenvalue weighted by Gasteiger charge is -2.26. The first-order valence-corrected chi connectivity index (χ1v) is 7.78. The van der Waals surface area contributed by atoms with Gasteiger partial charge in [0.15, 0.2) is 0 Å². The predicted octanol–water partition coefficient (Wildman–Crippen LogP) is 3.42. The number of aliphatic hydroxyl groups is 1. The second-order valence-electron chi connectivity index (χ2n) is 6.26. The molecule has 0 saturated carbocycles. The summed E-state index contributed by atoms with van der Waals surface area (Å²) in [5.41, 5.74) is 2.06. The lowest BCUT2D eigenvalue weighted by atomic mass is 9.89. The van der Waals surface area contributed by atoms with E-state index in [-0.39, 0.29) is 12.0 Å². The Labute approximate surface area is 132 Å². The van der Waals surface area contributed by atoms with Gasteiger partial charge in [0, 0.05) is 18.0 Å². The van der Waals surface area contributed by atoms with Crippen LogP contribution in [-0.4, -0.2) is 30.6 Å². The molecular weight excluding hydrogens is 274 g/mol. The standard InChI is InChI=1S/C19H23NO2/c1-20(2)13-15-12-18(14-8-4-3-5-9-14)22-17-11-7-6-10-16(17)19(15)21/h3-11,15,18-19,21H,12-13H2,1-2H3. The molecule has 1 aliphatic rings. The highest BCUT2D eigenvalue weighted by atomic mass is 16.5. The van der Waals surface area contributed by atoms with E-state index in [0.717, 1.165) is 29.8 Å². The van der Waals surface area contributed by atoms with E-state index < -0.39 is 6.10 Å². The number of aliphatic hydroxyl groups excluding tert-OH is 1. The molecular formula is C19H23NO2. The zero-order valence-corrected chi connectivity index (χ0v) is 13.1. The van der Waals surface area contributed by atoms with Gasteiger partial charge in [0.2, 0.25) is 0 Å². The number of rotatable bonds is 3. The summed E-state index contributed by atoms with van der Waals surface area (Å²) in [5, 5.41) is 10.8. The minimum absolute atomic E-state index is 0.0237. The van der Waals surface area contributed by atoms with Crippen molar-refractivity contribution in [2.24, 2.45) is 5.92 Å². The summed E-state index contributed by atoms with van der Waals surface area (Å²) in [5.74, 6) is 0.939. The predicted molar refractivity (Wildman–Crippen MR) is 87.9 cm³/mol. The lowest BCUT2D eigenvalue weighted by molar-refractivity contribution is 0.0733. The molecule has 1 N–H and O–H groups in total. The van der Waals surface area contributed by atoms with Gasteiger partial charge in [-0.25, -0.2) is 0 Å². The van der Waals surface area contributed by atoms with Crippen LogP contribution in [0.5, 0.6) is 5.75 Å². The van der Waals surface area contributed by atoms with E-state index in [1.807, 2.05) is 56.6 Å². The molecule has 0 saturated heterocycles. The van der Waals surface area contributed by atoms with Crippen molar-refractivity contribution in [1.82, 2.24) is 4.90 Å². The van der Waals surface area contributed by atoms with Crippen LogP contribution >= 0.6 is 0 Å². The van der Waals surface area contributed by atoms with Crippen LogP contribution in [0.1, 0.15) is 29.8 Å². The molecule has 0 amide bonds. The normalized spacial score (nSPS) is 24.5. The Balaban J connectivity index is 1.97. The third-order valence-corrected chi connectivity index (χ3v) is 4.24. The Morgan fingerprint density at radius 3 is 2.45 bits per heavy atom. The number of ether oxygens (including phenoxy) is 1. The van der Waals surface area contributed by atoms with Crippen LogP contribution in [0.25, 0.3) is 0 Å². The van der Waals surface area contributed by atoms with E-state index in [1.54, 1.807) is 0 Å². The maximum absolute atomic E-state index is 10.8. The average Bonchev–Trinajstić information content (AvgIpc) is 2.66. The van der Waals surface area contributed by atoms with Crippen LogP contribution in [0, 0.1) is 5.92 Å². The zero-order valence-electron chi connectivity index (χ0n) is 13.1. The fraction of sp³-hybridized carbons (Fsp3) is 0.368. The van der Waals surface area contributed by atoms with Crippen molar-refractivity contribution < 1.29 is 9.84 Å². The fourth-order valence-corrected chi connectivity index (χ4v) is 3.21. The van der Waals surface area contributed by atoms with Gasteiger partial charge < -0.3 is 14.7 Å². The van der Waals surface area contributed by atoms with E-state index in [2.05, 4.69) is 17.0 Å². The summed E-state index contributed by atoms with van der Waals surface area (Å²) in [6.45, 7) is 0.836. The Morgan fingerprint density at radius 1 is 1.05 bits per heavy atom. The maximum atomic E-state index is 10.8. The topological polar surface area (TPSA) is 32.7 Å². The highest BCUT2D eigenvalue weighted by molar-refractivity contribution is 5.37. The largest absolute Gasteiger partial charge is 0.485 e. The van der Waals surface area contributed by atoms with Crippen molar-refractivity contribution in [2.45, 2.75) is 18.6 Å². The molecule has 22 heavy (non-hydrogen) atoms. The summed E-state index contributed by atoms with van der Waals surface area (Å²) in [4.78, 5) is 2.13. The third kappa shape index (κ3) is 3.16. The SMILES string of the molecule is CN(C)CC1CC(c2ccccc2)Oc2ccccc2C1O. The van der Waals surface area contributed by atoms with Crippen LogP contribution in [0.15, 0.2) is 54.6 Å². The number of para-hydroxylation sites is 1. The van der Waals surface area contributed by atoms with Gasteiger partial charge in [-0.15, -0.1) is 0 Å². The molecule has 0 aliphatic carbocycles. The molecule has 1 heterocycles. The van der Waals surface area contributed by atoms with Gasteiger partial charge in [-0.2, -0.15) is 0 Å². The Kier molecular flexibility index (Phi) is 4.46. The third-order valence-electron chi connectivity index (χ3n) is 4.24. The summed E-state index contributed by atoms with van der Waals surface area (Å²) >= 11 is 0. The summed E-state index contributed by atoms with van der Waals surface area (Å²) in [7, 11) is 4.09. The molecule has 3 heteroatoms. The highest BCUT2D eigenvalue weighted by Gasteiger charge is 2.32. The smallest absolute Gasteiger partial charge is 0.126 e. The molecule has 3 rings (SSSR count). The quantitative estimate of drug-likeness (QED) is 0.942. The lowest BCUT2D eigenvalue weighted by Crippen LogP contribution is -2.27. The van der Waals surface area contributed by atoms with Crippen LogP contribution in [0.4, 0.5) is 0 Å². The van der Waals surface area contributed by atoms with Crippen LogP contribution in [-0.2, 0) is 0 Å². The summed E-state index contributed by atoms with van der Waals surface area (Å²) in [6, 6.07) is 18.1. The number of hydrogen-bond acceptors (Lipinski definition) is 3. The Bertz CT molecular complexity index is 612. The first-order valence-electron chi connectivity index (χ1n) is 7.78. The number of hydrogen-bond donors (Lipinski definition) is 1. The molecule has 3 unspecified atom stereocenters. The van der Waals surface area contributed by atoms with Gasteiger partial charge in [0.05, 0.1) is 6.10 Å². The minimum Gasteiger partial charge on any atom is -0.485 e. The van der Waals surface area contributed by atoms with Gasteiger partial charge in [0.25, 0.3) is 0 Å². The van der Waals surface area contributed by atoms with Gasteiger partial charge >= 0.3 is 0 Å². The maximum Gasteiger partial charge on any atom is 0.126 e. The molecule has 0 fully saturated rings.